The van der Waals surface area contributed by atoms with Gasteiger partial charge in [0.25, 0.3) is 0 Å². The Morgan fingerprint density at radius 3 is 2.82 bits per heavy atom. The number of carboxylic acid groups (broad SMARTS) is 1. The second-order valence-corrected chi connectivity index (χ2v) is 5.38. The smallest absolute Gasteiger partial charge is 0.323 e. The maximum atomic E-state index is 11.8. The lowest BCUT2D eigenvalue weighted by Crippen LogP contribution is -2.44. The summed E-state index contributed by atoms with van der Waals surface area (Å²) >= 11 is 1.90. The van der Waals surface area contributed by atoms with Gasteiger partial charge in [-0.1, -0.05) is 6.92 Å². The zero-order valence-corrected chi connectivity index (χ0v) is 11.0. The highest BCUT2D eigenvalue weighted by molar-refractivity contribution is 7.99. The molecule has 0 bridgehead atoms. The van der Waals surface area contributed by atoms with E-state index in [1.54, 1.807) is 0 Å². The van der Waals surface area contributed by atoms with Crippen molar-refractivity contribution in [2.24, 2.45) is 5.92 Å². The van der Waals surface area contributed by atoms with Gasteiger partial charge in [-0.25, -0.2) is 4.79 Å². The van der Waals surface area contributed by atoms with Crippen LogP contribution in [0.15, 0.2) is 0 Å². The van der Waals surface area contributed by atoms with E-state index in [2.05, 4.69) is 5.32 Å². The third-order valence-corrected chi connectivity index (χ3v) is 3.90. The average Bonchev–Trinajstić information content (AvgIpc) is 2.77. The highest BCUT2D eigenvalue weighted by Gasteiger charge is 2.19. The van der Waals surface area contributed by atoms with Gasteiger partial charge >= 0.3 is 12.0 Å². The lowest BCUT2D eigenvalue weighted by atomic mass is 10.1. The van der Waals surface area contributed by atoms with Gasteiger partial charge in [-0.05, 0) is 30.3 Å². The molecule has 1 unspecified atom stereocenters. The van der Waals surface area contributed by atoms with E-state index < -0.39 is 5.97 Å². The monoisotopic (exact) mass is 260 g/mol. The molecule has 17 heavy (non-hydrogen) atoms. The molecule has 0 aromatic heterocycles. The molecule has 1 atom stereocenters. The summed E-state index contributed by atoms with van der Waals surface area (Å²) in [5, 5.41) is 11.5. The van der Waals surface area contributed by atoms with E-state index in [1.165, 1.54) is 4.90 Å². The predicted molar refractivity (Wildman–Crippen MR) is 68.3 cm³/mol. The molecule has 0 spiro atoms. The van der Waals surface area contributed by atoms with E-state index in [4.69, 9.17) is 5.11 Å². The first-order valence-corrected chi connectivity index (χ1v) is 7.11. The molecular weight excluding hydrogens is 240 g/mol. The average molecular weight is 260 g/mol. The number of urea groups is 1. The van der Waals surface area contributed by atoms with Crippen molar-refractivity contribution < 1.29 is 14.7 Å². The fourth-order valence-electron chi connectivity index (χ4n) is 1.77. The number of aliphatic carboxylic acids is 1. The highest BCUT2D eigenvalue weighted by Crippen LogP contribution is 2.22. The number of rotatable bonds is 6. The number of carbonyl (C=O) groups excluding carboxylic acids is 1. The minimum atomic E-state index is -0.968. The van der Waals surface area contributed by atoms with Crippen LogP contribution in [0.1, 0.15) is 19.8 Å². The van der Waals surface area contributed by atoms with Crippen molar-refractivity contribution in [3.05, 3.63) is 0 Å². The zero-order valence-electron chi connectivity index (χ0n) is 10.1. The molecular formula is C11H20N2O3S. The van der Waals surface area contributed by atoms with E-state index in [-0.39, 0.29) is 12.6 Å². The summed E-state index contributed by atoms with van der Waals surface area (Å²) < 4.78 is 0. The molecule has 1 rings (SSSR count). The normalized spacial score (nSPS) is 19.0. The van der Waals surface area contributed by atoms with Crippen molar-refractivity contribution in [2.75, 3.05) is 31.1 Å². The van der Waals surface area contributed by atoms with Crippen LogP contribution in [0.3, 0.4) is 0 Å². The topological polar surface area (TPSA) is 69.6 Å². The molecule has 2 N–H and O–H groups in total. The Kier molecular flexibility index (Phi) is 6.18. The van der Waals surface area contributed by atoms with Gasteiger partial charge in [0, 0.05) is 13.1 Å². The van der Waals surface area contributed by atoms with Crippen LogP contribution in [0.2, 0.25) is 0 Å². The lowest BCUT2D eigenvalue weighted by molar-refractivity contribution is -0.137. The maximum Gasteiger partial charge on any atom is 0.323 e. The summed E-state index contributed by atoms with van der Waals surface area (Å²) in [5.74, 6) is 1.82. The van der Waals surface area contributed by atoms with Gasteiger partial charge in [0.1, 0.15) is 6.54 Å². The number of nitrogens with zero attached hydrogens (tertiary/aromatic N) is 1. The van der Waals surface area contributed by atoms with E-state index in [1.807, 2.05) is 18.7 Å². The Bertz CT molecular complexity index is 267. The summed E-state index contributed by atoms with van der Waals surface area (Å²) in [6.07, 6.45) is 1.90. The second-order valence-electron chi connectivity index (χ2n) is 4.23. The second kappa shape index (κ2) is 7.42. The van der Waals surface area contributed by atoms with Gasteiger partial charge in [0.05, 0.1) is 0 Å². The van der Waals surface area contributed by atoms with Crippen LogP contribution in [0.4, 0.5) is 4.79 Å². The van der Waals surface area contributed by atoms with Crippen molar-refractivity contribution in [1.29, 1.82) is 0 Å². The van der Waals surface area contributed by atoms with Gasteiger partial charge in [-0.15, -0.1) is 0 Å². The molecule has 1 fully saturated rings. The zero-order chi connectivity index (χ0) is 12.7. The fraction of sp³-hybridized carbons (Fsp3) is 0.818. The van der Waals surface area contributed by atoms with Crippen LogP contribution < -0.4 is 5.32 Å². The number of thioether (sulfide) groups is 1. The van der Waals surface area contributed by atoms with E-state index >= 15 is 0 Å². The molecule has 1 heterocycles. The van der Waals surface area contributed by atoms with Crippen molar-refractivity contribution in [1.82, 2.24) is 10.2 Å². The quantitative estimate of drug-likeness (QED) is 0.754. The molecule has 1 saturated heterocycles. The predicted octanol–water partition coefficient (Wildman–Crippen LogP) is 1.25. The Labute approximate surface area is 106 Å². The number of carbonyl (C=O) groups is 2. The SMILES string of the molecule is CCCN(CC(=O)O)C(=O)NCC1CCSC1. The molecule has 0 saturated carbocycles. The maximum absolute atomic E-state index is 11.8. The fourth-order valence-corrected chi connectivity index (χ4v) is 3.06. The number of hydrogen-bond acceptors (Lipinski definition) is 3. The molecule has 0 radical (unpaired) electrons. The minimum Gasteiger partial charge on any atom is -0.480 e. The summed E-state index contributed by atoms with van der Waals surface area (Å²) in [5.41, 5.74) is 0. The van der Waals surface area contributed by atoms with E-state index in [0.29, 0.717) is 19.0 Å². The Hall–Kier alpha value is -0.910. The Morgan fingerprint density at radius 1 is 1.53 bits per heavy atom. The van der Waals surface area contributed by atoms with Crippen LogP contribution in [0, 0.1) is 5.92 Å². The van der Waals surface area contributed by atoms with E-state index in [0.717, 1.165) is 24.3 Å². The number of amides is 2. The van der Waals surface area contributed by atoms with Crippen molar-refractivity contribution >= 4 is 23.8 Å². The third kappa shape index (κ3) is 5.30. The van der Waals surface area contributed by atoms with Gasteiger partial charge in [-0.3, -0.25) is 4.79 Å². The molecule has 0 aliphatic carbocycles. The molecule has 1 aliphatic heterocycles. The van der Waals surface area contributed by atoms with Crippen molar-refractivity contribution in [3.8, 4) is 0 Å². The summed E-state index contributed by atoms with van der Waals surface area (Å²) in [4.78, 5) is 23.7. The summed E-state index contributed by atoms with van der Waals surface area (Å²) in [7, 11) is 0. The molecule has 98 valence electrons. The van der Waals surface area contributed by atoms with Gasteiger partial charge in [-0.2, -0.15) is 11.8 Å². The first kappa shape index (κ1) is 14.2. The lowest BCUT2D eigenvalue weighted by Gasteiger charge is -2.21. The van der Waals surface area contributed by atoms with Gasteiger partial charge in [0.15, 0.2) is 0 Å². The molecule has 1 aliphatic rings. The van der Waals surface area contributed by atoms with Crippen molar-refractivity contribution in [2.45, 2.75) is 19.8 Å². The number of nitrogens with one attached hydrogen (secondary N) is 1. The van der Waals surface area contributed by atoms with Crippen LogP contribution in [0.25, 0.3) is 0 Å². The van der Waals surface area contributed by atoms with Crippen LogP contribution in [-0.2, 0) is 4.79 Å². The molecule has 0 aromatic carbocycles. The summed E-state index contributed by atoms with van der Waals surface area (Å²) in [6, 6.07) is -0.258. The number of carboxylic acids is 1. The Balaban J connectivity index is 2.32. The number of hydrogen-bond donors (Lipinski definition) is 2. The van der Waals surface area contributed by atoms with Gasteiger partial charge < -0.3 is 15.3 Å². The van der Waals surface area contributed by atoms with Crippen LogP contribution in [-0.4, -0.2) is 53.1 Å². The third-order valence-electron chi connectivity index (χ3n) is 2.67. The van der Waals surface area contributed by atoms with E-state index in [9.17, 15) is 9.59 Å². The van der Waals surface area contributed by atoms with Crippen LogP contribution >= 0.6 is 11.8 Å². The molecule has 5 nitrogen and oxygen atoms in total. The Morgan fingerprint density at radius 2 is 2.29 bits per heavy atom. The van der Waals surface area contributed by atoms with Gasteiger partial charge in [0.2, 0.25) is 0 Å². The first-order chi connectivity index (χ1) is 8.13. The first-order valence-electron chi connectivity index (χ1n) is 5.95. The highest BCUT2D eigenvalue weighted by atomic mass is 32.2. The largest absolute Gasteiger partial charge is 0.480 e. The standard InChI is InChI=1S/C11H20N2O3S/c1-2-4-13(7-10(14)15)11(16)12-6-9-3-5-17-8-9/h9H,2-8H2,1H3,(H,12,16)(H,14,15). The van der Waals surface area contributed by atoms with Crippen molar-refractivity contribution in [3.63, 3.8) is 0 Å². The molecule has 2 amide bonds. The molecule has 6 heteroatoms. The molecule has 0 aromatic rings. The minimum absolute atomic E-state index is 0.223. The van der Waals surface area contributed by atoms with Crippen LogP contribution in [0.5, 0.6) is 0 Å². The summed E-state index contributed by atoms with van der Waals surface area (Å²) in [6.45, 7) is 2.85.